The molecule has 0 saturated heterocycles. The first-order valence-electron chi connectivity index (χ1n) is 6.75. The third-order valence-electron chi connectivity index (χ3n) is 4.27. The molecule has 16 heavy (non-hydrogen) atoms. The molecule has 0 nitrogen and oxygen atoms in total. The molecule has 1 unspecified atom stereocenters. The Hall–Kier alpha value is -0.780. The van der Waals surface area contributed by atoms with Crippen LogP contribution in [0.2, 0.25) is 0 Å². The second-order valence-corrected chi connectivity index (χ2v) is 5.55. The van der Waals surface area contributed by atoms with Gasteiger partial charge in [-0.05, 0) is 49.7 Å². The zero-order valence-corrected chi connectivity index (χ0v) is 10.9. The Labute approximate surface area is 100 Å². The van der Waals surface area contributed by atoms with Crippen LogP contribution in [-0.2, 0) is 0 Å². The Morgan fingerprint density at radius 2 is 1.75 bits per heavy atom. The summed E-state index contributed by atoms with van der Waals surface area (Å²) in [5.74, 6) is 1.68. The summed E-state index contributed by atoms with van der Waals surface area (Å²) >= 11 is 0. The molecule has 0 heterocycles. The summed E-state index contributed by atoms with van der Waals surface area (Å²) in [5, 5.41) is 0. The number of hydrogen-bond acceptors (Lipinski definition) is 0. The van der Waals surface area contributed by atoms with Crippen LogP contribution in [0.1, 0.15) is 61.6 Å². The molecule has 0 aliphatic heterocycles. The van der Waals surface area contributed by atoms with Crippen LogP contribution in [0.15, 0.2) is 18.2 Å². The first kappa shape index (κ1) is 11.7. The zero-order chi connectivity index (χ0) is 11.5. The lowest BCUT2D eigenvalue weighted by Gasteiger charge is -2.29. The molecule has 0 radical (unpaired) electrons. The lowest BCUT2D eigenvalue weighted by molar-refractivity contribution is 0.315. The van der Waals surface area contributed by atoms with E-state index in [4.69, 9.17) is 0 Å². The highest BCUT2D eigenvalue weighted by atomic mass is 14.3. The first-order valence-corrected chi connectivity index (χ1v) is 6.75. The van der Waals surface area contributed by atoms with E-state index in [0.717, 1.165) is 11.8 Å². The van der Waals surface area contributed by atoms with E-state index >= 15 is 0 Å². The highest BCUT2D eigenvalue weighted by Gasteiger charge is 2.22. The maximum atomic E-state index is 2.42. The third kappa shape index (κ3) is 2.48. The summed E-state index contributed by atoms with van der Waals surface area (Å²) in [5.41, 5.74) is 4.45. The van der Waals surface area contributed by atoms with Gasteiger partial charge in [-0.2, -0.15) is 0 Å². The highest BCUT2D eigenvalue weighted by Crippen LogP contribution is 2.36. The quantitative estimate of drug-likeness (QED) is 0.653. The second-order valence-electron chi connectivity index (χ2n) is 5.55. The topological polar surface area (TPSA) is 0 Å². The van der Waals surface area contributed by atoms with Gasteiger partial charge in [0.2, 0.25) is 0 Å². The lowest BCUT2D eigenvalue weighted by atomic mass is 9.76. The summed E-state index contributed by atoms with van der Waals surface area (Å²) < 4.78 is 0. The first-order chi connectivity index (χ1) is 7.68. The Kier molecular flexibility index (Phi) is 3.68. The van der Waals surface area contributed by atoms with Gasteiger partial charge in [0.15, 0.2) is 0 Å². The molecule has 1 aromatic carbocycles. The molecule has 0 amide bonds. The standard InChI is InChI=1S/C16H24/c1-12-9-10-16(13(2)11-12)14(3)15-7-5-4-6-8-15/h9-11,14-15H,4-8H2,1-3H3. The van der Waals surface area contributed by atoms with Gasteiger partial charge in [0.1, 0.15) is 0 Å². The van der Waals surface area contributed by atoms with Gasteiger partial charge in [0, 0.05) is 0 Å². The average Bonchev–Trinajstić information content (AvgIpc) is 2.29. The fraction of sp³-hybridized carbons (Fsp3) is 0.625. The molecule has 0 N–H and O–H groups in total. The minimum absolute atomic E-state index is 0.751. The smallest absolute Gasteiger partial charge is 0.0159 e. The summed E-state index contributed by atoms with van der Waals surface area (Å²) in [7, 11) is 0. The van der Waals surface area contributed by atoms with E-state index in [2.05, 4.69) is 39.0 Å². The Morgan fingerprint density at radius 3 is 2.38 bits per heavy atom. The highest BCUT2D eigenvalue weighted by molar-refractivity contribution is 5.33. The van der Waals surface area contributed by atoms with Crippen molar-refractivity contribution in [1.82, 2.24) is 0 Å². The lowest BCUT2D eigenvalue weighted by Crippen LogP contribution is -2.14. The largest absolute Gasteiger partial charge is 0.0590 e. The molecule has 1 fully saturated rings. The zero-order valence-electron chi connectivity index (χ0n) is 10.9. The van der Waals surface area contributed by atoms with Crippen molar-refractivity contribution in [2.24, 2.45) is 5.92 Å². The van der Waals surface area contributed by atoms with Crippen LogP contribution in [0.5, 0.6) is 0 Å². The van der Waals surface area contributed by atoms with Gasteiger partial charge in [-0.15, -0.1) is 0 Å². The van der Waals surface area contributed by atoms with E-state index in [0.29, 0.717) is 0 Å². The maximum absolute atomic E-state index is 2.42. The Balaban J connectivity index is 2.15. The molecule has 88 valence electrons. The second kappa shape index (κ2) is 5.03. The van der Waals surface area contributed by atoms with Crippen molar-refractivity contribution in [3.63, 3.8) is 0 Å². The number of benzene rings is 1. The summed E-state index contributed by atoms with van der Waals surface area (Å²) in [6.45, 7) is 6.87. The van der Waals surface area contributed by atoms with Gasteiger partial charge in [-0.25, -0.2) is 0 Å². The van der Waals surface area contributed by atoms with Crippen LogP contribution in [0, 0.1) is 19.8 Å². The van der Waals surface area contributed by atoms with Crippen LogP contribution >= 0.6 is 0 Å². The number of rotatable bonds is 2. The normalized spacial score (nSPS) is 19.7. The van der Waals surface area contributed by atoms with Crippen molar-refractivity contribution in [3.05, 3.63) is 34.9 Å². The van der Waals surface area contributed by atoms with Crippen LogP contribution < -0.4 is 0 Å². The predicted octanol–water partition coefficient (Wildman–Crippen LogP) is 4.99. The maximum Gasteiger partial charge on any atom is -0.0159 e. The molecule has 0 heteroatoms. The molecule has 0 aromatic heterocycles. The molecular formula is C16H24. The monoisotopic (exact) mass is 216 g/mol. The summed E-state index contributed by atoms with van der Waals surface area (Å²) in [4.78, 5) is 0. The molecule has 1 saturated carbocycles. The van der Waals surface area contributed by atoms with E-state index in [-0.39, 0.29) is 0 Å². The van der Waals surface area contributed by atoms with E-state index in [1.54, 1.807) is 5.56 Å². The van der Waals surface area contributed by atoms with Crippen molar-refractivity contribution in [2.45, 2.75) is 58.8 Å². The number of aryl methyl sites for hydroxylation is 2. The minimum Gasteiger partial charge on any atom is -0.0590 e. The predicted molar refractivity (Wildman–Crippen MR) is 70.9 cm³/mol. The molecule has 0 spiro atoms. The van der Waals surface area contributed by atoms with E-state index in [1.165, 1.54) is 43.2 Å². The van der Waals surface area contributed by atoms with Crippen molar-refractivity contribution in [1.29, 1.82) is 0 Å². The van der Waals surface area contributed by atoms with Gasteiger partial charge in [-0.1, -0.05) is 49.9 Å². The molecule has 0 bridgehead atoms. The SMILES string of the molecule is Cc1ccc(C(C)C2CCCCC2)c(C)c1. The average molecular weight is 216 g/mol. The van der Waals surface area contributed by atoms with Crippen LogP contribution in [0.3, 0.4) is 0 Å². The minimum atomic E-state index is 0.751. The molecular weight excluding hydrogens is 192 g/mol. The molecule has 1 atom stereocenters. The van der Waals surface area contributed by atoms with E-state index in [1.807, 2.05) is 0 Å². The van der Waals surface area contributed by atoms with Crippen LogP contribution in [0.25, 0.3) is 0 Å². The Bertz CT molecular complexity index is 345. The molecule has 2 rings (SSSR count). The van der Waals surface area contributed by atoms with Gasteiger partial charge >= 0.3 is 0 Å². The number of hydrogen-bond donors (Lipinski definition) is 0. The van der Waals surface area contributed by atoms with Crippen molar-refractivity contribution >= 4 is 0 Å². The Morgan fingerprint density at radius 1 is 1.06 bits per heavy atom. The molecule has 1 aliphatic rings. The van der Waals surface area contributed by atoms with Gasteiger partial charge in [-0.3, -0.25) is 0 Å². The van der Waals surface area contributed by atoms with Gasteiger partial charge < -0.3 is 0 Å². The summed E-state index contributed by atoms with van der Waals surface area (Å²) in [6, 6.07) is 6.94. The third-order valence-corrected chi connectivity index (χ3v) is 4.27. The van der Waals surface area contributed by atoms with Crippen LogP contribution in [-0.4, -0.2) is 0 Å². The van der Waals surface area contributed by atoms with Gasteiger partial charge in [0.25, 0.3) is 0 Å². The fourth-order valence-corrected chi connectivity index (χ4v) is 3.22. The van der Waals surface area contributed by atoms with E-state index in [9.17, 15) is 0 Å². The van der Waals surface area contributed by atoms with Gasteiger partial charge in [0.05, 0.1) is 0 Å². The van der Waals surface area contributed by atoms with E-state index < -0.39 is 0 Å². The van der Waals surface area contributed by atoms with Crippen molar-refractivity contribution in [3.8, 4) is 0 Å². The van der Waals surface area contributed by atoms with Crippen LogP contribution in [0.4, 0.5) is 0 Å². The van der Waals surface area contributed by atoms with Crippen molar-refractivity contribution in [2.75, 3.05) is 0 Å². The molecule has 1 aliphatic carbocycles. The van der Waals surface area contributed by atoms with Crippen molar-refractivity contribution < 1.29 is 0 Å². The fourth-order valence-electron chi connectivity index (χ4n) is 3.22. The summed E-state index contributed by atoms with van der Waals surface area (Å²) in [6.07, 6.45) is 7.22. The molecule has 1 aromatic rings.